The van der Waals surface area contributed by atoms with Gasteiger partial charge in [0.1, 0.15) is 0 Å². The molecule has 2 nitrogen and oxygen atoms in total. The van der Waals surface area contributed by atoms with Gasteiger partial charge in [-0.1, -0.05) is 32.0 Å². The maximum absolute atomic E-state index is 12.5. The smallest absolute Gasteiger partial charge is 0.263 e. The predicted molar refractivity (Wildman–Crippen MR) is 68.8 cm³/mol. The van der Waals surface area contributed by atoms with E-state index in [1.807, 2.05) is 6.07 Å². The van der Waals surface area contributed by atoms with E-state index < -0.39 is 6.43 Å². The molecule has 0 aromatic heterocycles. The second kappa shape index (κ2) is 8.16. The molecule has 0 unspecified atom stereocenters. The second-order valence-electron chi connectivity index (χ2n) is 4.69. The number of hydrogen-bond donors (Lipinski definition) is 1. The predicted octanol–water partition coefficient (Wildman–Crippen LogP) is 3.39. The van der Waals surface area contributed by atoms with Crippen LogP contribution >= 0.6 is 0 Å². The normalized spacial score (nSPS) is 11.4. The van der Waals surface area contributed by atoms with Gasteiger partial charge in [-0.3, -0.25) is 0 Å². The highest BCUT2D eigenvalue weighted by Gasteiger charge is 2.06. The minimum atomic E-state index is -2.40. The lowest BCUT2D eigenvalue weighted by Crippen LogP contribution is -2.20. The Balaban J connectivity index is 2.21. The summed E-state index contributed by atoms with van der Waals surface area (Å²) in [5.74, 6) is 0.535. The zero-order chi connectivity index (χ0) is 13.4. The van der Waals surface area contributed by atoms with E-state index in [1.165, 1.54) is 12.1 Å². The molecule has 102 valence electrons. The van der Waals surface area contributed by atoms with Gasteiger partial charge in [0.25, 0.3) is 6.43 Å². The lowest BCUT2D eigenvalue weighted by molar-refractivity contribution is 0.111. The maximum atomic E-state index is 12.5. The zero-order valence-corrected chi connectivity index (χ0v) is 11.0. The Morgan fingerprint density at radius 3 is 2.72 bits per heavy atom. The van der Waals surface area contributed by atoms with Crippen molar-refractivity contribution in [3.63, 3.8) is 0 Å². The first-order chi connectivity index (χ1) is 8.59. The molecule has 1 rings (SSSR count). The summed E-state index contributed by atoms with van der Waals surface area (Å²) < 4.78 is 30.4. The molecule has 0 bridgehead atoms. The summed E-state index contributed by atoms with van der Waals surface area (Å²) >= 11 is 0. The van der Waals surface area contributed by atoms with Crippen molar-refractivity contribution < 1.29 is 13.5 Å². The molecule has 0 radical (unpaired) electrons. The van der Waals surface area contributed by atoms with Gasteiger partial charge >= 0.3 is 0 Å². The van der Waals surface area contributed by atoms with Gasteiger partial charge < -0.3 is 10.1 Å². The molecular formula is C14H21F2NO. The van der Waals surface area contributed by atoms with Crippen LogP contribution < -0.4 is 5.32 Å². The van der Waals surface area contributed by atoms with Crippen LogP contribution in [0.5, 0.6) is 0 Å². The molecule has 0 heterocycles. The minimum Gasteiger partial charge on any atom is -0.380 e. The molecule has 18 heavy (non-hydrogen) atoms. The van der Waals surface area contributed by atoms with Crippen LogP contribution in [0.15, 0.2) is 24.3 Å². The van der Waals surface area contributed by atoms with Gasteiger partial charge in [-0.25, -0.2) is 8.78 Å². The van der Waals surface area contributed by atoms with Crippen LogP contribution in [-0.2, 0) is 11.3 Å². The Kier molecular flexibility index (Phi) is 6.83. The third-order valence-corrected chi connectivity index (χ3v) is 2.41. The number of nitrogens with one attached hydrogen (secondary N) is 1. The van der Waals surface area contributed by atoms with Crippen molar-refractivity contribution in [2.45, 2.75) is 26.8 Å². The first-order valence-electron chi connectivity index (χ1n) is 6.25. The molecule has 0 fully saturated rings. The second-order valence-corrected chi connectivity index (χ2v) is 4.69. The van der Waals surface area contributed by atoms with Gasteiger partial charge in [-0.15, -0.1) is 0 Å². The Morgan fingerprint density at radius 1 is 1.28 bits per heavy atom. The maximum Gasteiger partial charge on any atom is 0.263 e. The number of hydrogen-bond acceptors (Lipinski definition) is 2. The molecule has 1 N–H and O–H groups in total. The average Bonchev–Trinajstić information content (AvgIpc) is 2.33. The SMILES string of the molecule is CC(C)COCCNCc1cccc(C(F)F)c1. The molecule has 1 aromatic rings. The minimum absolute atomic E-state index is 0.0744. The fourth-order valence-corrected chi connectivity index (χ4v) is 1.53. The third-order valence-electron chi connectivity index (χ3n) is 2.41. The van der Waals surface area contributed by atoms with Crippen LogP contribution in [0.25, 0.3) is 0 Å². The van der Waals surface area contributed by atoms with Crippen molar-refractivity contribution >= 4 is 0 Å². The van der Waals surface area contributed by atoms with Gasteiger partial charge in [0, 0.05) is 25.3 Å². The number of rotatable bonds is 8. The van der Waals surface area contributed by atoms with E-state index in [1.54, 1.807) is 6.07 Å². The molecular weight excluding hydrogens is 236 g/mol. The molecule has 0 spiro atoms. The van der Waals surface area contributed by atoms with E-state index >= 15 is 0 Å². The standard InChI is InChI=1S/C14H21F2NO/c1-11(2)10-18-7-6-17-9-12-4-3-5-13(8-12)14(15)16/h3-5,8,11,14,17H,6-7,9-10H2,1-2H3. The number of ether oxygens (including phenoxy) is 1. The summed E-state index contributed by atoms with van der Waals surface area (Å²) in [6, 6.07) is 6.48. The summed E-state index contributed by atoms with van der Waals surface area (Å²) in [7, 11) is 0. The van der Waals surface area contributed by atoms with E-state index in [0.717, 1.165) is 18.7 Å². The van der Waals surface area contributed by atoms with Crippen molar-refractivity contribution in [3.05, 3.63) is 35.4 Å². The number of halogens is 2. The zero-order valence-electron chi connectivity index (χ0n) is 11.0. The van der Waals surface area contributed by atoms with E-state index in [4.69, 9.17) is 4.74 Å². The lowest BCUT2D eigenvalue weighted by Gasteiger charge is -2.08. The summed E-state index contributed by atoms with van der Waals surface area (Å²) in [6.45, 7) is 6.92. The first kappa shape index (κ1) is 15.1. The molecule has 0 aliphatic carbocycles. The van der Waals surface area contributed by atoms with E-state index in [-0.39, 0.29) is 5.56 Å². The molecule has 0 amide bonds. The molecule has 0 saturated heterocycles. The monoisotopic (exact) mass is 257 g/mol. The van der Waals surface area contributed by atoms with Crippen LogP contribution in [0.1, 0.15) is 31.4 Å². The molecule has 4 heteroatoms. The van der Waals surface area contributed by atoms with Crippen molar-refractivity contribution in [1.29, 1.82) is 0 Å². The Hall–Kier alpha value is -1.00. The third kappa shape index (κ3) is 6.07. The number of benzene rings is 1. The fourth-order valence-electron chi connectivity index (χ4n) is 1.53. The van der Waals surface area contributed by atoms with E-state index in [2.05, 4.69) is 19.2 Å². The number of alkyl halides is 2. The van der Waals surface area contributed by atoms with Gasteiger partial charge in [0.2, 0.25) is 0 Å². The fraction of sp³-hybridized carbons (Fsp3) is 0.571. The quantitative estimate of drug-likeness (QED) is 0.721. The molecule has 1 aromatic carbocycles. The average molecular weight is 257 g/mol. The van der Waals surface area contributed by atoms with Crippen molar-refractivity contribution in [2.75, 3.05) is 19.8 Å². The summed E-state index contributed by atoms with van der Waals surface area (Å²) in [6.07, 6.45) is -2.40. The van der Waals surface area contributed by atoms with Crippen molar-refractivity contribution in [2.24, 2.45) is 5.92 Å². The Bertz CT molecular complexity index is 342. The van der Waals surface area contributed by atoms with E-state index in [9.17, 15) is 8.78 Å². The van der Waals surface area contributed by atoms with Gasteiger partial charge in [0.15, 0.2) is 0 Å². The highest BCUT2D eigenvalue weighted by atomic mass is 19.3. The van der Waals surface area contributed by atoms with E-state index in [0.29, 0.717) is 19.1 Å². The van der Waals surface area contributed by atoms with Gasteiger partial charge in [0.05, 0.1) is 6.61 Å². The molecule has 0 atom stereocenters. The summed E-state index contributed by atoms with van der Waals surface area (Å²) in [5, 5.41) is 3.17. The molecule has 0 saturated carbocycles. The van der Waals surface area contributed by atoms with Crippen molar-refractivity contribution in [3.8, 4) is 0 Å². The highest BCUT2D eigenvalue weighted by Crippen LogP contribution is 2.19. The lowest BCUT2D eigenvalue weighted by atomic mass is 10.1. The van der Waals surface area contributed by atoms with Crippen LogP contribution in [0.2, 0.25) is 0 Å². The summed E-state index contributed by atoms with van der Waals surface area (Å²) in [4.78, 5) is 0. The van der Waals surface area contributed by atoms with Crippen molar-refractivity contribution in [1.82, 2.24) is 5.32 Å². The largest absolute Gasteiger partial charge is 0.380 e. The summed E-state index contributed by atoms with van der Waals surface area (Å²) in [5.41, 5.74) is 0.946. The Labute approximate surface area is 107 Å². The van der Waals surface area contributed by atoms with Crippen LogP contribution in [0, 0.1) is 5.92 Å². The topological polar surface area (TPSA) is 21.3 Å². The van der Waals surface area contributed by atoms with Gasteiger partial charge in [-0.05, 0) is 17.5 Å². The first-order valence-corrected chi connectivity index (χ1v) is 6.25. The van der Waals surface area contributed by atoms with Gasteiger partial charge in [-0.2, -0.15) is 0 Å². The highest BCUT2D eigenvalue weighted by molar-refractivity contribution is 5.24. The molecule has 0 aliphatic rings. The Morgan fingerprint density at radius 2 is 2.06 bits per heavy atom. The van der Waals surface area contributed by atoms with Crippen LogP contribution in [0.4, 0.5) is 8.78 Å². The van der Waals surface area contributed by atoms with Crippen LogP contribution in [0.3, 0.4) is 0 Å². The van der Waals surface area contributed by atoms with Crippen LogP contribution in [-0.4, -0.2) is 19.8 Å². The molecule has 0 aliphatic heterocycles.